The Morgan fingerprint density at radius 3 is 2.06 bits per heavy atom. The Bertz CT molecular complexity index is 1240. The Balaban J connectivity index is 0.846. The SMILES string of the molecule is C1=CC2=C(CC1)N(C1CCC3CCCCC3C1)C1CCC(C3=CC4C5CCCCC5C(C5CCC(C6CCCCC6)CC5)C4CC3)CC21. The normalized spacial score (nSPS) is 47.9. The van der Waals surface area contributed by atoms with Crippen molar-refractivity contribution >= 4 is 0 Å². The molecule has 0 radical (unpaired) electrons. The van der Waals surface area contributed by atoms with Crippen LogP contribution in [0.2, 0.25) is 0 Å². The molecule has 264 valence electrons. The van der Waals surface area contributed by atoms with Crippen LogP contribution in [0.25, 0.3) is 0 Å². The fourth-order valence-corrected chi connectivity index (χ4v) is 16.2. The maximum absolute atomic E-state index is 3.15. The smallest absolute Gasteiger partial charge is 0.0359 e. The van der Waals surface area contributed by atoms with Crippen LogP contribution in [0.5, 0.6) is 0 Å². The van der Waals surface area contributed by atoms with Crippen molar-refractivity contribution in [3.05, 3.63) is 35.1 Å². The topological polar surface area (TPSA) is 3.24 Å². The molecule has 0 aromatic carbocycles. The lowest BCUT2D eigenvalue weighted by atomic mass is 9.63. The summed E-state index contributed by atoms with van der Waals surface area (Å²) >= 11 is 0. The Morgan fingerprint density at radius 1 is 0.521 bits per heavy atom. The highest BCUT2D eigenvalue weighted by atomic mass is 15.2. The van der Waals surface area contributed by atoms with Gasteiger partial charge in [0.15, 0.2) is 0 Å². The van der Waals surface area contributed by atoms with Crippen molar-refractivity contribution in [3.63, 3.8) is 0 Å². The molecule has 0 saturated heterocycles. The molecule has 11 unspecified atom stereocenters. The highest BCUT2D eigenvalue weighted by Gasteiger charge is 2.54. The molecule has 10 aliphatic rings. The first-order chi connectivity index (χ1) is 23.8. The zero-order valence-electron chi connectivity index (χ0n) is 30.9. The highest BCUT2D eigenvalue weighted by Crippen LogP contribution is 2.62. The summed E-state index contributed by atoms with van der Waals surface area (Å²) in [6.45, 7) is 0. The molecule has 0 spiro atoms. The molecule has 0 N–H and O–H groups in total. The van der Waals surface area contributed by atoms with Crippen LogP contribution in [0.15, 0.2) is 35.1 Å². The molecule has 7 saturated carbocycles. The first-order valence-electron chi connectivity index (χ1n) is 22.7. The molecule has 7 fully saturated rings. The molecule has 0 amide bonds. The van der Waals surface area contributed by atoms with Gasteiger partial charge in [0, 0.05) is 23.7 Å². The molecule has 11 atom stereocenters. The van der Waals surface area contributed by atoms with E-state index >= 15 is 0 Å². The molecule has 0 aromatic heterocycles. The van der Waals surface area contributed by atoms with Gasteiger partial charge in [-0.05, 0) is 173 Å². The largest absolute Gasteiger partial charge is 0.368 e. The first kappa shape index (κ1) is 31.7. The second-order valence-corrected chi connectivity index (χ2v) is 20.0. The van der Waals surface area contributed by atoms with Crippen LogP contribution in [0, 0.1) is 71.0 Å². The minimum absolute atomic E-state index is 0.830. The zero-order chi connectivity index (χ0) is 31.6. The van der Waals surface area contributed by atoms with E-state index in [9.17, 15) is 0 Å². The van der Waals surface area contributed by atoms with Gasteiger partial charge in [-0.25, -0.2) is 0 Å². The third-order valence-electron chi connectivity index (χ3n) is 18.2. The standard InChI is InChI=1S/C47H71N/c1-2-10-31(11-3-1)33-18-20-34(21-19-33)47-41-16-7-6-14-39(41)43-29-36(23-26-42(43)47)37-24-27-46-44(30-37)40-15-8-9-17-45(40)48(46)38-25-22-32-12-4-5-13-35(32)28-38/h8,15,29,31-35,37-39,41-44,46-47H,1-7,9-14,16-28,30H2. The molecule has 0 bridgehead atoms. The van der Waals surface area contributed by atoms with Gasteiger partial charge in [-0.15, -0.1) is 0 Å². The van der Waals surface area contributed by atoms with Gasteiger partial charge in [-0.3, -0.25) is 0 Å². The predicted octanol–water partition coefficient (Wildman–Crippen LogP) is 12.8. The van der Waals surface area contributed by atoms with E-state index < -0.39 is 0 Å². The van der Waals surface area contributed by atoms with Crippen molar-refractivity contribution in [2.75, 3.05) is 0 Å². The lowest BCUT2D eigenvalue weighted by Gasteiger charge is -2.48. The van der Waals surface area contributed by atoms with E-state index in [-0.39, 0.29) is 0 Å². The molecular formula is C47H71N. The van der Waals surface area contributed by atoms with Crippen LogP contribution in [0.1, 0.15) is 173 Å². The summed E-state index contributed by atoms with van der Waals surface area (Å²) in [7, 11) is 0. The average molecular weight is 650 g/mol. The van der Waals surface area contributed by atoms with E-state index in [1.165, 1.54) is 103 Å². The maximum Gasteiger partial charge on any atom is 0.0359 e. The fraction of sp³-hybridized carbons (Fsp3) is 0.872. The van der Waals surface area contributed by atoms with Crippen LogP contribution < -0.4 is 0 Å². The number of allylic oxidation sites excluding steroid dienone is 5. The van der Waals surface area contributed by atoms with Crippen LogP contribution in [-0.2, 0) is 0 Å². The minimum Gasteiger partial charge on any atom is -0.368 e. The molecule has 1 heterocycles. The van der Waals surface area contributed by atoms with Gasteiger partial charge in [0.2, 0.25) is 0 Å². The Kier molecular flexibility index (Phi) is 8.95. The predicted molar refractivity (Wildman–Crippen MR) is 200 cm³/mol. The van der Waals surface area contributed by atoms with Crippen molar-refractivity contribution in [1.82, 2.24) is 4.90 Å². The second kappa shape index (κ2) is 13.5. The van der Waals surface area contributed by atoms with E-state index in [1.54, 1.807) is 70.6 Å². The number of hydrogen-bond acceptors (Lipinski definition) is 1. The Morgan fingerprint density at radius 2 is 1.21 bits per heavy atom. The van der Waals surface area contributed by atoms with E-state index in [0.29, 0.717) is 0 Å². The van der Waals surface area contributed by atoms with E-state index in [0.717, 1.165) is 83.1 Å². The number of nitrogens with zero attached hydrogens (tertiary/aromatic N) is 1. The summed E-state index contributed by atoms with van der Waals surface area (Å²) < 4.78 is 0. The van der Waals surface area contributed by atoms with Crippen molar-refractivity contribution < 1.29 is 0 Å². The second-order valence-electron chi connectivity index (χ2n) is 20.0. The molecule has 1 nitrogen and oxygen atoms in total. The van der Waals surface area contributed by atoms with Gasteiger partial charge in [0.25, 0.3) is 0 Å². The Hall–Kier alpha value is -0.980. The molecule has 9 aliphatic carbocycles. The van der Waals surface area contributed by atoms with Crippen molar-refractivity contribution in [3.8, 4) is 0 Å². The quantitative estimate of drug-likeness (QED) is 0.274. The van der Waals surface area contributed by atoms with Gasteiger partial charge in [-0.2, -0.15) is 0 Å². The molecule has 0 aromatic rings. The zero-order valence-corrected chi connectivity index (χ0v) is 30.9. The summed E-state index contributed by atoms with van der Waals surface area (Å²) in [6, 6.07) is 1.69. The average Bonchev–Trinajstić information content (AvgIpc) is 3.67. The lowest BCUT2D eigenvalue weighted by molar-refractivity contribution is 0.0523. The molecule has 10 rings (SSSR count). The van der Waals surface area contributed by atoms with Gasteiger partial charge < -0.3 is 4.90 Å². The molecule has 1 heteroatoms. The first-order valence-corrected chi connectivity index (χ1v) is 22.7. The summed E-state index contributed by atoms with van der Waals surface area (Å²) in [5.74, 6) is 12.3. The third kappa shape index (κ3) is 5.58. The number of hydrogen-bond donors (Lipinski definition) is 0. The lowest BCUT2D eigenvalue weighted by Crippen LogP contribution is -2.47. The van der Waals surface area contributed by atoms with Crippen molar-refractivity contribution in [2.24, 2.45) is 71.0 Å². The molecule has 1 aliphatic heterocycles. The van der Waals surface area contributed by atoms with Crippen LogP contribution >= 0.6 is 0 Å². The monoisotopic (exact) mass is 650 g/mol. The van der Waals surface area contributed by atoms with Crippen LogP contribution in [-0.4, -0.2) is 17.0 Å². The van der Waals surface area contributed by atoms with Crippen LogP contribution in [0.4, 0.5) is 0 Å². The van der Waals surface area contributed by atoms with Crippen molar-refractivity contribution in [2.45, 2.75) is 185 Å². The van der Waals surface area contributed by atoms with E-state index in [2.05, 4.69) is 23.1 Å². The van der Waals surface area contributed by atoms with Gasteiger partial charge in [-0.1, -0.05) is 94.4 Å². The Labute approximate surface area is 295 Å². The van der Waals surface area contributed by atoms with E-state index in [1.807, 2.05) is 16.8 Å². The minimum atomic E-state index is 0.830. The maximum atomic E-state index is 3.15. The van der Waals surface area contributed by atoms with Gasteiger partial charge >= 0.3 is 0 Å². The summed E-state index contributed by atoms with van der Waals surface area (Å²) in [5.41, 5.74) is 5.64. The third-order valence-corrected chi connectivity index (χ3v) is 18.2. The van der Waals surface area contributed by atoms with E-state index in [4.69, 9.17) is 0 Å². The molecule has 48 heavy (non-hydrogen) atoms. The molecular weight excluding hydrogens is 579 g/mol. The number of rotatable bonds is 4. The number of fused-ring (bicyclic) bond motifs is 6. The van der Waals surface area contributed by atoms with Gasteiger partial charge in [0.1, 0.15) is 0 Å². The van der Waals surface area contributed by atoms with Gasteiger partial charge in [0.05, 0.1) is 0 Å². The highest BCUT2D eigenvalue weighted by molar-refractivity contribution is 5.39. The summed E-state index contributed by atoms with van der Waals surface area (Å²) in [6.07, 6.45) is 49.4. The fourth-order valence-electron chi connectivity index (χ4n) is 16.2. The summed E-state index contributed by atoms with van der Waals surface area (Å²) in [5, 5.41) is 0. The van der Waals surface area contributed by atoms with Crippen LogP contribution in [0.3, 0.4) is 0 Å². The van der Waals surface area contributed by atoms with Crippen molar-refractivity contribution in [1.29, 1.82) is 0 Å². The summed E-state index contributed by atoms with van der Waals surface area (Å²) in [4.78, 5) is 3.15.